The van der Waals surface area contributed by atoms with E-state index in [2.05, 4.69) is 9.71 Å². The highest BCUT2D eigenvalue weighted by atomic mass is 32.2. The molecule has 0 aromatic heterocycles. The molecule has 2 aromatic rings. The third-order valence-electron chi connectivity index (χ3n) is 4.68. The summed E-state index contributed by atoms with van der Waals surface area (Å²) in [6.45, 7) is 7.24. The predicted molar refractivity (Wildman–Crippen MR) is 112 cm³/mol. The molecule has 0 atom stereocenters. The van der Waals surface area contributed by atoms with Crippen LogP contribution in [0.25, 0.3) is 0 Å². The molecule has 1 aliphatic rings. The first-order chi connectivity index (χ1) is 13.2. The van der Waals surface area contributed by atoms with Gasteiger partial charge in [0.2, 0.25) is 5.78 Å². The van der Waals surface area contributed by atoms with E-state index in [1.54, 1.807) is 26.0 Å². The minimum absolute atomic E-state index is 0.120. The number of Topliss-reactive ketones (excluding diaryl/α,β-unsaturated/α-hetero) is 1. The number of carbonyl (C=O) groups excluding carboxylic acids is 1. The van der Waals surface area contributed by atoms with E-state index in [-0.39, 0.29) is 16.4 Å². The van der Waals surface area contributed by atoms with Crippen LogP contribution in [0.2, 0.25) is 0 Å². The van der Waals surface area contributed by atoms with E-state index in [4.69, 9.17) is 0 Å². The van der Waals surface area contributed by atoms with E-state index in [0.29, 0.717) is 16.8 Å². The molecular weight excluding hydrogens is 372 g/mol. The van der Waals surface area contributed by atoms with Gasteiger partial charge in [0.05, 0.1) is 16.3 Å². The molecular formula is C22H22N2O3S. The molecule has 0 unspecified atom stereocenters. The monoisotopic (exact) mass is 394 g/mol. The number of carbonyl (C=O) groups is 1. The zero-order valence-corrected chi connectivity index (χ0v) is 17.1. The number of hydrogen-bond donors (Lipinski definition) is 1. The van der Waals surface area contributed by atoms with E-state index < -0.39 is 10.0 Å². The van der Waals surface area contributed by atoms with Gasteiger partial charge in [0.25, 0.3) is 10.0 Å². The van der Waals surface area contributed by atoms with Crippen molar-refractivity contribution in [3.63, 3.8) is 0 Å². The third-order valence-corrected chi connectivity index (χ3v) is 5.99. The predicted octanol–water partition coefficient (Wildman–Crippen LogP) is 4.35. The minimum Gasteiger partial charge on any atom is -0.352 e. The number of nitrogens with one attached hydrogen (secondary N) is 1. The summed E-state index contributed by atoms with van der Waals surface area (Å²) < 4.78 is 29.4. The Labute approximate surface area is 165 Å². The van der Waals surface area contributed by atoms with Gasteiger partial charge in [-0.2, -0.15) is 12.8 Å². The molecule has 0 radical (unpaired) electrons. The molecule has 0 saturated heterocycles. The van der Waals surface area contributed by atoms with Gasteiger partial charge in [0.15, 0.2) is 0 Å². The van der Waals surface area contributed by atoms with E-state index in [1.807, 2.05) is 38.1 Å². The highest BCUT2D eigenvalue weighted by Gasteiger charge is 2.24. The molecule has 0 saturated carbocycles. The van der Waals surface area contributed by atoms with E-state index in [9.17, 15) is 13.2 Å². The Bertz CT molecular complexity index is 1120. The van der Waals surface area contributed by atoms with E-state index >= 15 is 0 Å². The molecule has 0 spiro atoms. The van der Waals surface area contributed by atoms with Crippen LogP contribution in [0.1, 0.15) is 25.0 Å². The number of benzene rings is 2. The molecule has 0 amide bonds. The second kappa shape index (κ2) is 7.56. The Kier molecular flexibility index (Phi) is 5.34. The largest absolute Gasteiger partial charge is 0.352 e. The van der Waals surface area contributed by atoms with Crippen LogP contribution in [-0.4, -0.2) is 19.9 Å². The average molecular weight is 394 g/mol. The molecule has 1 aliphatic carbocycles. The maximum absolute atomic E-state index is 12.7. The SMILES string of the molecule is CC1=C(C)C(=NS(=O)(=O)c2ccc(C)cc2)C=C(Nc2ccc(C)cc2)C1=O. The van der Waals surface area contributed by atoms with Crippen LogP contribution in [-0.2, 0) is 14.8 Å². The first kappa shape index (κ1) is 19.8. The van der Waals surface area contributed by atoms with Gasteiger partial charge in [-0.25, -0.2) is 0 Å². The number of sulfonamides is 1. The van der Waals surface area contributed by atoms with Gasteiger partial charge in [0, 0.05) is 11.3 Å². The smallest absolute Gasteiger partial charge is 0.282 e. The molecule has 28 heavy (non-hydrogen) atoms. The Hall–Kier alpha value is -2.99. The Morgan fingerprint density at radius 2 is 1.32 bits per heavy atom. The fourth-order valence-electron chi connectivity index (χ4n) is 2.75. The molecule has 0 heterocycles. The number of nitrogens with zero attached hydrogens (tertiary/aromatic N) is 1. The summed E-state index contributed by atoms with van der Waals surface area (Å²) in [5, 5.41) is 3.07. The number of aryl methyl sites for hydroxylation is 2. The van der Waals surface area contributed by atoms with E-state index in [0.717, 1.165) is 16.8 Å². The molecule has 3 rings (SSSR count). The lowest BCUT2D eigenvalue weighted by Crippen LogP contribution is -2.22. The van der Waals surface area contributed by atoms with Crippen LogP contribution in [0.4, 0.5) is 5.69 Å². The normalized spacial score (nSPS) is 16.4. The number of rotatable bonds is 4. The van der Waals surface area contributed by atoms with Gasteiger partial charge >= 0.3 is 0 Å². The lowest BCUT2D eigenvalue weighted by Gasteiger charge is -2.18. The Balaban J connectivity index is 2.01. The maximum atomic E-state index is 12.7. The fraction of sp³-hybridized carbons (Fsp3) is 0.182. The highest BCUT2D eigenvalue weighted by Crippen LogP contribution is 2.24. The summed E-state index contributed by atoms with van der Waals surface area (Å²) in [4.78, 5) is 12.8. The lowest BCUT2D eigenvalue weighted by atomic mass is 9.94. The summed E-state index contributed by atoms with van der Waals surface area (Å²) in [7, 11) is -3.88. The summed E-state index contributed by atoms with van der Waals surface area (Å²) in [5.41, 5.74) is 4.39. The maximum Gasteiger partial charge on any atom is 0.282 e. The zero-order chi connectivity index (χ0) is 20.5. The van der Waals surface area contributed by atoms with Crippen LogP contribution in [0.15, 0.2) is 80.7 Å². The number of ketones is 1. The third kappa shape index (κ3) is 4.12. The molecule has 2 aromatic carbocycles. The van der Waals surface area contributed by atoms with Gasteiger partial charge in [0.1, 0.15) is 0 Å². The van der Waals surface area contributed by atoms with Gasteiger partial charge in [-0.3, -0.25) is 4.79 Å². The standard InChI is InChI=1S/C22H22N2O3S/c1-14-5-9-18(10-6-14)23-21-13-20(16(3)17(4)22(21)25)24-28(26,27)19-11-7-15(2)8-12-19/h5-13,23H,1-4H3. The van der Waals surface area contributed by atoms with Gasteiger partial charge < -0.3 is 5.32 Å². The van der Waals surface area contributed by atoms with Crippen molar-refractivity contribution in [3.05, 3.63) is 82.6 Å². The number of anilines is 1. The van der Waals surface area contributed by atoms with E-state index in [1.165, 1.54) is 18.2 Å². The summed E-state index contributed by atoms with van der Waals surface area (Å²) in [5.74, 6) is -0.176. The summed E-state index contributed by atoms with van der Waals surface area (Å²) in [6, 6.07) is 14.1. The van der Waals surface area contributed by atoms with Crippen molar-refractivity contribution >= 4 is 27.2 Å². The van der Waals surface area contributed by atoms with Crippen molar-refractivity contribution in [2.45, 2.75) is 32.6 Å². The molecule has 144 valence electrons. The van der Waals surface area contributed by atoms with Crippen molar-refractivity contribution in [1.82, 2.24) is 0 Å². The van der Waals surface area contributed by atoms with Crippen molar-refractivity contribution in [2.24, 2.45) is 4.40 Å². The van der Waals surface area contributed by atoms with Crippen LogP contribution in [0, 0.1) is 13.8 Å². The highest BCUT2D eigenvalue weighted by molar-refractivity contribution is 7.90. The molecule has 1 N–H and O–H groups in total. The van der Waals surface area contributed by atoms with Crippen molar-refractivity contribution in [2.75, 3.05) is 5.32 Å². The summed E-state index contributed by atoms with van der Waals surface area (Å²) >= 11 is 0. The van der Waals surface area contributed by atoms with Crippen molar-refractivity contribution < 1.29 is 13.2 Å². The molecule has 0 bridgehead atoms. The van der Waals surface area contributed by atoms with Gasteiger partial charge in [-0.05, 0) is 63.6 Å². The first-order valence-electron chi connectivity index (χ1n) is 8.87. The van der Waals surface area contributed by atoms with Crippen LogP contribution >= 0.6 is 0 Å². The van der Waals surface area contributed by atoms with Crippen LogP contribution in [0.5, 0.6) is 0 Å². The topological polar surface area (TPSA) is 75.6 Å². The van der Waals surface area contributed by atoms with Gasteiger partial charge in [-0.15, -0.1) is 0 Å². The molecule has 5 nitrogen and oxygen atoms in total. The van der Waals surface area contributed by atoms with Crippen LogP contribution < -0.4 is 5.32 Å². The Morgan fingerprint density at radius 3 is 1.89 bits per heavy atom. The van der Waals surface area contributed by atoms with Crippen LogP contribution in [0.3, 0.4) is 0 Å². The fourth-order valence-corrected chi connectivity index (χ4v) is 3.78. The first-order valence-corrected chi connectivity index (χ1v) is 10.3. The molecule has 0 fully saturated rings. The average Bonchev–Trinajstić information content (AvgIpc) is 2.66. The number of allylic oxidation sites excluding steroid dienone is 3. The number of hydrogen-bond acceptors (Lipinski definition) is 4. The van der Waals surface area contributed by atoms with Crippen molar-refractivity contribution in [1.29, 1.82) is 0 Å². The second-order valence-electron chi connectivity index (χ2n) is 6.89. The lowest BCUT2D eigenvalue weighted by molar-refractivity contribution is -0.112. The second-order valence-corrected chi connectivity index (χ2v) is 8.50. The zero-order valence-electron chi connectivity index (χ0n) is 16.3. The molecule has 6 heteroatoms. The Morgan fingerprint density at radius 1 is 0.786 bits per heavy atom. The van der Waals surface area contributed by atoms with Gasteiger partial charge in [-0.1, -0.05) is 35.4 Å². The quantitative estimate of drug-likeness (QED) is 0.783. The summed E-state index contributed by atoms with van der Waals surface area (Å²) in [6.07, 6.45) is 1.50. The van der Waals surface area contributed by atoms with Crippen molar-refractivity contribution in [3.8, 4) is 0 Å². The molecule has 0 aliphatic heterocycles. The minimum atomic E-state index is -3.88.